The molecular weight excluding hydrogens is 322 g/mol. The summed E-state index contributed by atoms with van der Waals surface area (Å²) in [5, 5.41) is 0. The Morgan fingerprint density at radius 1 is 1.28 bits per heavy atom. The van der Waals surface area contributed by atoms with Gasteiger partial charge in [-0.2, -0.15) is 0 Å². The van der Waals surface area contributed by atoms with Gasteiger partial charge in [0.2, 0.25) is 12.7 Å². The second-order valence-corrected chi connectivity index (χ2v) is 7.37. The van der Waals surface area contributed by atoms with Crippen molar-refractivity contribution in [1.82, 2.24) is 4.90 Å². The van der Waals surface area contributed by atoms with Crippen LogP contribution in [0.5, 0.6) is 11.5 Å². The van der Waals surface area contributed by atoms with Crippen molar-refractivity contribution < 1.29 is 23.8 Å². The normalized spacial score (nSPS) is 14.1. The van der Waals surface area contributed by atoms with E-state index in [9.17, 15) is 9.59 Å². The van der Waals surface area contributed by atoms with E-state index >= 15 is 0 Å². The summed E-state index contributed by atoms with van der Waals surface area (Å²) >= 11 is 0. The maximum absolute atomic E-state index is 12.6. The van der Waals surface area contributed by atoms with E-state index in [4.69, 9.17) is 14.2 Å². The molecule has 1 aromatic rings. The lowest BCUT2D eigenvalue weighted by atomic mass is 9.89. The second-order valence-electron chi connectivity index (χ2n) is 7.37. The lowest BCUT2D eigenvalue weighted by molar-refractivity contribution is -0.146. The zero-order valence-corrected chi connectivity index (χ0v) is 15.6. The third kappa shape index (κ3) is 5.37. The first kappa shape index (κ1) is 19.1. The van der Waals surface area contributed by atoms with Gasteiger partial charge >= 0.3 is 5.97 Å². The number of nitrogens with zero attached hydrogens (tertiary/aromatic N) is 1. The Morgan fingerprint density at radius 2 is 1.96 bits per heavy atom. The van der Waals surface area contributed by atoms with Crippen LogP contribution in [-0.2, 0) is 20.7 Å². The van der Waals surface area contributed by atoms with Gasteiger partial charge in [-0.25, -0.2) is 0 Å². The van der Waals surface area contributed by atoms with E-state index in [1.165, 1.54) is 6.92 Å². The van der Waals surface area contributed by atoms with E-state index in [2.05, 4.69) is 0 Å². The highest BCUT2D eigenvalue weighted by Crippen LogP contribution is 2.33. The molecule has 1 heterocycles. The summed E-state index contributed by atoms with van der Waals surface area (Å²) in [5.74, 6) is 1.21. The highest BCUT2D eigenvalue weighted by molar-refractivity contribution is 5.77. The molecule has 6 heteroatoms. The fourth-order valence-electron chi connectivity index (χ4n) is 2.67. The zero-order chi connectivity index (χ0) is 18.6. The van der Waals surface area contributed by atoms with Crippen molar-refractivity contribution >= 4 is 11.9 Å². The van der Waals surface area contributed by atoms with Crippen LogP contribution in [0.3, 0.4) is 0 Å². The van der Waals surface area contributed by atoms with E-state index in [1.807, 2.05) is 46.0 Å². The number of ether oxygens (including phenoxy) is 3. The highest BCUT2D eigenvalue weighted by Gasteiger charge is 2.27. The zero-order valence-electron chi connectivity index (χ0n) is 15.6. The van der Waals surface area contributed by atoms with Crippen LogP contribution in [0.4, 0.5) is 0 Å². The van der Waals surface area contributed by atoms with E-state index in [1.54, 1.807) is 4.90 Å². The van der Waals surface area contributed by atoms with Gasteiger partial charge < -0.3 is 19.1 Å². The molecule has 0 saturated heterocycles. The Bertz CT molecular complexity index is 641. The van der Waals surface area contributed by atoms with Gasteiger partial charge in [-0.15, -0.1) is 0 Å². The molecule has 1 unspecified atom stereocenters. The standard InChI is InChI=1S/C19H27NO5/c1-13(8-15-6-7-16-17(9-15)25-12-24-16)20(5)18(22)10-19(3,4)11-23-14(2)21/h6-7,9,13H,8,10-12H2,1-5H3. The molecule has 1 aliphatic heterocycles. The summed E-state index contributed by atoms with van der Waals surface area (Å²) in [7, 11) is 1.81. The number of hydrogen-bond donors (Lipinski definition) is 0. The van der Waals surface area contributed by atoms with Crippen molar-refractivity contribution in [2.24, 2.45) is 5.41 Å². The number of benzene rings is 1. The topological polar surface area (TPSA) is 65.1 Å². The maximum Gasteiger partial charge on any atom is 0.302 e. The van der Waals surface area contributed by atoms with Crippen LogP contribution in [0.1, 0.15) is 39.7 Å². The van der Waals surface area contributed by atoms with Gasteiger partial charge in [0.25, 0.3) is 0 Å². The van der Waals surface area contributed by atoms with Gasteiger partial charge in [0.1, 0.15) is 0 Å². The Labute approximate surface area is 149 Å². The van der Waals surface area contributed by atoms with E-state index in [0.29, 0.717) is 6.42 Å². The van der Waals surface area contributed by atoms with Gasteiger partial charge in [0.15, 0.2) is 11.5 Å². The number of hydrogen-bond acceptors (Lipinski definition) is 5. The number of amides is 1. The average molecular weight is 349 g/mol. The average Bonchev–Trinajstić information content (AvgIpc) is 2.99. The van der Waals surface area contributed by atoms with Crippen molar-refractivity contribution in [2.75, 3.05) is 20.4 Å². The van der Waals surface area contributed by atoms with Crippen LogP contribution in [0.25, 0.3) is 0 Å². The van der Waals surface area contributed by atoms with Crippen molar-refractivity contribution in [3.8, 4) is 11.5 Å². The van der Waals surface area contributed by atoms with E-state index in [-0.39, 0.29) is 31.3 Å². The number of likely N-dealkylation sites (N-methyl/N-ethyl adjacent to an activating group) is 1. The molecule has 0 fully saturated rings. The Kier molecular flexibility index (Phi) is 5.93. The largest absolute Gasteiger partial charge is 0.465 e. The monoisotopic (exact) mass is 349 g/mol. The summed E-state index contributed by atoms with van der Waals surface area (Å²) in [6, 6.07) is 5.89. The molecule has 0 spiro atoms. The van der Waals surface area contributed by atoms with Crippen molar-refractivity contribution in [3.63, 3.8) is 0 Å². The molecule has 2 rings (SSSR count). The summed E-state index contributed by atoms with van der Waals surface area (Å²) in [4.78, 5) is 25.3. The fraction of sp³-hybridized carbons (Fsp3) is 0.579. The molecule has 6 nitrogen and oxygen atoms in total. The number of rotatable bonds is 7. The van der Waals surface area contributed by atoms with E-state index < -0.39 is 5.41 Å². The van der Waals surface area contributed by atoms with Crippen LogP contribution < -0.4 is 9.47 Å². The van der Waals surface area contributed by atoms with Crippen LogP contribution in [0.15, 0.2) is 18.2 Å². The molecule has 0 bridgehead atoms. The fourth-order valence-corrected chi connectivity index (χ4v) is 2.67. The molecule has 138 valence electrons. The van der Waals surface area contributed by atoms with Gasteiger partial charge in [-0.3, -0.25) is 9.59 Å². The summed E-state index contributed by atoms with van der Waals surface area (Å²) in [6.07, 6.45) is 1.05. The molecule has 0 radical (unpaired) electrons. The Balaban J connectivity index is 1.91. The molecule has 1 aliphatic rings. The van der Waals surface area contributed by atoms with Crippen molar-refractivity contribution in [3.05, 3.63) is 23.8 Å². The second kappa shape index (κ2) is 7.76. The van der Waals surface area contributed by atoms with Crippen LogP contribution >= 0.6 is 0 Å². The predicted octanol–water partition coefficient (Wildman–Crippen LogP) is 2.78. The molecule has 0 saturated carbocycles. The minimum Gasteiger partial charge on any atom is -0.465 e. The molecule has 1 amide bonds. The summed E-state index contributed by atoms with van der Waals surface area (Å²) < 4.78 is 15.8. The number of carbonyl (C=O) groups is 2. The maximum atomic E-state index is 12.6. The lowest BCUT2D eigenvalue weighted by Gasteiger charge is -2.30. The quantitative estimate of drug-likeness (QED) is 0.708. The van der Waals surface area contributed by atoms with Crippen molar-refractivity contribution in [2.45, 2.75) is 46.6 Å². The highest BCUT2D eigenvalue weighted by atomic mass is 16.7. The molecule has 0 aromatic heterocycles. The molecule has 0 aliphatic carbocycles. The van der Waals surface area contributed by atoms with Crippen LogP contribution in [-0.4, -0.2) is 43.3 Å². The van der Waals surface area contributed by atoms with Crippen LogP contribution in [0.2, 0.25) is 0 Å². The molecule has 1 aromatic carbocycles. The third-order valence-corrected chi connectivity index (χ3v) is 4.32. The van der Waals surface area contributed by atoms with E-state index in [0.717, 1.165) is 23.5 Å². The van der Waals surface area contributed by atoms with Crippen molar-refractivity contribution in [1.29, 1.82) is 0 Å². The van der Waals surface area contributed by atoms with Gasteiger partial charge in [-0.05, 0) is 31.0 Å². The molecule has 1 atom stereocenters. The first-order valence-electron chi connectivity index (χ1n) is 8.45. The molecular formula is C19H27NO5. The smallest absolute Gasteiger partial charge is 0.302 e. The third-order valence-electron chi connectivity index (χ3n) is 4.32. The van der Waals surface area contributed by atoms with Gasteiger partial charge in [0.05, 0.1) is 6.61 Å². The SMILES string of the molecule is CC(=O)OCC(C)(C)CC(=O)N(C)C(C)Cc1ccc2c(c1)OCO2. The molecule has 25 heavy (non-hydrogen) atoms. The number of fused-ring (bicyclic) bond motifs is 1. The minimum atomic E-state index is -0.393. The summed E-state index contributed by atoms with van der Waals surface area (Å²) in [5.41, 5.74) is 0.700. The molecule has 0 N–H and O–H groups in total. The summed E-state index contributed by atoms with van der Waals surface area (Å²) in [6.45, 7) is 7.72. The minimum absolute atomic E-state index is 0.0328. The first-order valence-corrected chi connectivity index (χ1v) is 8.45. The lowest BCUT2D eigenvalue weighted by Crippen LogP contribution is -2.39. The van der Waals surface area contributed by atoms with Gasteiger partial charge in [0, 0.05) is 31.8 Å². The Hall–Kier alpha value is -2.24. The van der Waals surface area contributed by atoms with Gasteiger partial charge in [-0.1, -0.05) is 19.9 Å². The number of esters is 1. The predicted molar refractivity (Wildman–Crippen MR) is 93.5 cm³/mol. The first-order chi connectivity index (χ1) is 11.7. The van der Waals surface area contributed by atoms with Crippen LogP contribution in [0, 0.1) is 5.41 Å². The Morgan fingerprint density at radius 3 is 2.64 bits per heavy atom. The number of carbonyl (C=O) groups excluding carboxylic acids is 2.